The van der Waals surface area contributed by atoms with E-state index < -0.39 is 5.54 Å². The van der Waals surface area contributed by atoms with Crippen LogP contribution >= 0.6 is 0 Å². The molecule has 2 amide bonds. The van der Waals surface area contributed by atoms with Crippen molar-refractivity contribution in [3.8, 4) is 0 Å². The third-order valence-electron chi connectivity index (χ3n) is 3.70. The number of hydrogen-bond acceptors (Lipinski definition) is 5. The van der Waals surface area contributed by atoms with Crippen molar-refractivity contribution in [3.05, 3.63) is 29.8 Å². The lowest BCUT2D eigenvalue weighted by atomic mass is 10.0. The molecule has 2 fully saturated rings. The number of hydrogen-bond donors (Lipinski definition) is 1. The van der Waals surface area contributed by atoms with E-state index in [1.54, 1.807) is 11.0 Å². The number of aliphatic imine (C=N–C) groups is 1. The molecule has 1 N–H and O–H groups in total. The van der Waals surface area contributed by atoms with Gasteiger partial charge in [0.05, 0.1) is 18.6 Å². The second-order valence-electron chi connectivity index (χ2n) is 5.11. The van der Waals surface area contributed by atoms with Crippen molar-refractivity contribution in [1.29, 1.82) is 0 Å². The highest BCUT2D eigenvalue weighted by molar-refractivity contribution is 6.02. The van der Waals surface area contributed by atoms with E-state index in [1.165, 1.54) is 0 Å². The molecule has 1 aliphatic carbocycles. The number of amides is 2. The predicted octanol–water partition coefficient (Wildman–Crippen LogP) is 0.474. The minimum atomic E-state index is -0.393. The smallest absolute Gasteiger partial charge is 0.246 e. The molecule has 0 spiro atoms. The maximum absolute atomic E-state index is 11.3. The van der Waals surface area contributed by atoms with Crippen molar-refractivity contribution in [1.82, 2.24) is 5.32 Å². The average Bonchev–Trinajstić information content (AvgIpc) is 3.19. The van der Waals surface area contributed by atoms with Crippen molar-refractivity contribution < 1.29 is 14.4 Å². The number of rotatable bonds is 3. The monoisotopic (exact) mass is 271 g/mol. The van der Waals surface area contributed by atoms with E-state index in [4.69, 9.17) is 0 Å². The molecule has 1 heterocycles. The molecule has 2 aliphatic rings. The fourth-order valence-corrected chi connectivity index (χ4v) is 2.47. The van der Waals surface area contributed by atoms with Gasteiger partial charge in [0.15, 0.2) is 0 Å². The van der Waals surface area contributed by atoms with Crippen LogP contribution in [-0.2, 0) is 19.9 Å². The van der Waals surface area contributed by atoms with Gasteiger partial charge in [0.2, 0.25) is 17.9 Å². The summed E-state index contributed by atoms with van der Waals surface area (Å²) in [5.74, 6) is -0.593. The summed E-state index contributed by atoms with van der Waals surface area (Å²) in [6.07, 6.45) is 3.33. The molecule has 3 rings (SSSR count). The summed E-state index contributed by atoms with van der Waals surface area (Å²) >= 11 is 0. The molecular formula is C14H13N3O3. The summed E-state index contributed by atoms with van der Waals surface area (Å²) in [6, 6.07) is 7.48. The van der Waals surface area contributed by atoms with E-state index >= 15 is 0 Å². The highest BCUT2D eigenvalue weighted by Gasteiger charge is 2.44. The number of anilines is 1. The lowest BCUT2D eigenvalue weighted by Gasteiger charge is -2.27. The molecular weight excluding hydrogens is 258 g/mol. The molecule has 1 aromatic carbocycles. The Bertz CT molecular complexity index is 597. The number of carbonyl (C=O) groups is 2. The van der Waals surface area contributed by atoms with E-state index in [-0.39, 0.29) is 24.9 Å². The number of isocyanates is 1. The lowest BCUT2D eigenvalue weighted by molar-refractivity contribution is -0.130. The number of imide groups is 1. The molecule has 102 valence electrons. The van der Waals surface area contributed by atoms with Crippen LogP contribution in [0.15, 0.2) is 29.3 Å². The second-order valence-corrected chi connectivity index (χ2v) is 5.11. The quantitative estimate of drug-likeness (QED) is 0.492. The van der Waals surface area contributed by atoms with Crippen molar-refractivity contribution in [2.45, 2.75) is 18.4 Å². The fourth-order valence-electron chi connectivity index (χ4n) is 2.47. The van der Waals surface area contributed by atoms with Crippen molar-refractivity contribution in [2.24, 2.45) is 4.99 Å². The van der Waals surface area contributed by atoms with Crippen molar-refractivity contribution >= 4 is 23.6 Å². The van der Waals surface area contributed by atoms with Crippen LogP contribution < -0.4 is 10.2 Å². The Morgan fingerprint density at radius 3 is 2.20 bits per heavy atom. The summed E-state index contributed by atoms with van der Waals surface area (Å²) in [5.41, 5.74) is 1.38. The summed E-state index contributed by atoms with van der Waals surface area (Å²) in [4.78, 5) is 38.7. The van der Waals surface area contributed by atoms with Crippen LogP contribution in [0.25, 0.3) is 0 Å². The lowest BCUT2D eigenvalue weighted by Crippen LogP contribution is -2.51. The Morgan fingerprint density at radius 1 is 1.10 bits per heavy atom. The van der Waals surface area contributed by atoms with Gasteiger partial charge in [0.25, 0.3) is 0 Å². The van der Waals surface area contributed by atoms with Crippen LogP contribution in [0.4, 0.5) is 5.69 Å². The standard InChI is InChI=1S/C14H13N3O3/c18-9-15-14(5-6-14)10-1-3-11(4-2-10)17-7-12(19)16-13(20)8-17/h1-4H,5-8H2,(H,16,19,20). The Morgan fingerprint density at radius 2 is 1.70 bits per heavy atom. The summed E-state index contributed by atoms with van der Waals surface area (Å²) in [6.45, 7) is 0.339. The zero-order valence-electron chi connectivity index (χ0n) is 10.8. The number of benzene rings is 1. The van der Waals surface area contributed by atoms with Crippen LogP contribution in [0.3, 0.4) is 0 Å². The fraction of sp³-hybridized carbons (Fsp3) is 0.357. The molecule has 0 bridgehead atoms. The van der Waals surface area contributed by atoms with Gasteiger partial charge >= 0.3 is 0 Å². The Labute approximate surface area is 115 Å². The summed E-state index contributed by atoms with van der Waals surface area (Å²) < 4.78 is 0. The van der Waals surface area contributed by atoms with E-state index in [1.807, 2.05) is 24.3 Å². The maximum atomic E-state index is 11.3. The van der Waals surface area contributed by atoms with E-state index in [0.717, 1.165) is 24.1 Å². The Balaban J connectivity index is 1.81. The first-order chi connectivity index (χ1) is 9.63. The van der Waals surface area contributed by atoms with Gasteiger partial charge in [0.1, 0.15) is 0 Å². The van der Waals surface area contributed by atoms with Gasteiger partial charge < -0.3 is 4.90 Å². The van der Waals surface area contributed by atoms with Gasteiger partial charge in [-0.25, -0.2) is 4.79 Å². The number of piperazine rings is 1. The molecule has 6 heteroatoms. The Hall–Kier alpha value is -2.46. The molecule has 0 aromatic heterocycles. The van der Waals surface area contributed by atoms with E-state index in [0.29, 0.717) is 0 Å². The molecule has 6 nitrogen and oxygen atoms in total. The molecule has 1 aliphatic heterocycles. The molecule has 0 radical (unpaired) electrons. The van der Waals surface area contributed by atoms with Crippen molar-refractivity contribution in [2.75, 3.05) is 18.0 Å². The van der Waals surface area contributed by atoms with Gasteiger partial charge in [0, 0.05) is 5.69 Å². The van der Waals surface area contributed by atoms with Gasteiger partial charge in [-0.3, -0.25) is 14.9 Å². The third-order valence-corrected chi connectivity index (χ3v) is 3.70. The first-order valence-corrected chi connectivity index (χ1v) is 6.40. The first-order valence-electron chi connectivity index (χ1n) is 6.40. The highest BCUT2D eigenvalue weighted by atomic mass is 16.2. The van der Waals surface area contributed by atoms with Gasteiger partial charge in [-0.05, 0) is 30.5 Å². The minimum Gasteiger partial charge on any atom is -0.353 e. The van der Waals surface area contributed by atoms with Crippen LogP contribution in [0.2, 0.25) is 0 Å². The van der Waals surface area contributed by atoms with Crippen LogP contribution in [0, 0.1) is 0 Å². The summed E-state index contributed by atoms with van der Waals surface area (Å²) in [7, 11) is 0. The maximum Gasteiger partial charge on any atom is 0.246 e. The molecule has 0 atom stereocenters. The van der Waals surface area contributed by atoms with Crippen LogP contribution in [-0.4, -0.2) is 31.0 Å². The number of nitrogens with zero attached hydrogens (tertiary/aromatic N) is 2. The molecule has 1 saturated heterocycles. The summed E-state index contributed by atoms with van der Waals surface area (Å²) in [5, 5.41) is 2.26. The number of nitrogens with one attached hydrogen (secondary N) is 1. The van der Waals surface area contributed by atoms with Crippen LogP contribution in [0.5, 0.6) is 0 Å². The van der Waals surface area contributed by atoms with E-state index in [9.17, 15) is 14.4 Å². The minimum absolute atomic E-state index is 0.169. The molecule has 20 heavy (non-hydrogen) atoms. The number of carbonyl (C=O) groups excluding carboxylic acids is 3. The largest absolute Gasteiger partial charge is 0.353 e. The third kappa shape index (κ3) is 2.21. The van der Waals surface area contributed by atoms with Gasteiger partial charge in [-0.15, -0.1) is 0 Å². The molecule has 0 unspecified atom stereocenters. The predicted molar refractivity (Wildman–Crippen MR) is 70.8 cm³/mol. The van der Waals surface area contributed by atoms with E-state index in [2.05, 4.69) is 10.3 Å². The first kappa shape index (κ1) is 12.6. The SMILES string of the molecule is O=C=NC1(c2ccc(N3CC(=O)NC(=O)C3)cc2)CC1. The van der Waals surface area contributed by atoms with Gasteiger partial charge in [-0.2, -0.15) is 4.99 Å². The zero-order valence-corrected chi connectivity index (χ0v) is 10.8. The van der Waals surface area contributed by atoms with Crippen molar-refractivity contribution in [3.63, 3.8) is 0 Å². The topological polar surface area (TPSA) is 78.8 Å². The average molecular weight is 271 g/mol. The highest BCUT2D eigenvalue weighted by Crippen LogP contribution is 2.49. The van der Waals surface area contributed by atoms with Gasteiger partial charge in [-0.1, -0.05) is 12.1 Å². The zero-order chi connectivity index (χ0) is 14.2. The molecule has 1 saturated carbocycles. The second kappa shape index (κ2) is 4.58. The normalized spacial score (nSPS) is 20.1. The van der Waals surface area contributed by atoms with Crippen LogP contribution in [0.1, 0.15) is 18.4 Å². The molecule has 1 aromatic rings. The Kier molecular flexibility index (Phi) is 2.88.